The van der Waals surface area contributed by atoms with Crippen LogP contribution in [0.2, 0.25) is 0 Å². The second-order valence-corrected chi connectivity index (χ2v) is 3.66. The van der Waals surface area contributed by atoms with Gasteiger partial charge in [-0.1, -0.05) is 0 Å². The Hall–Kier alpha value is 1.71. The Balaban J connectivity index is 0.00000121. The number of rotatable bonds is 3. The van der Waals surface area contributed by atoms with Crippen molar-refractivity contribution in [3.05, 3.63) is 0 Å². The molecule has 0 aromatic heterocycles. The third-order valence-corrected chi connectivity index (χ3v) is 1.94. The number of phosphoric acid groups is 1. The van der Waals surface area contributed by atoms with E-state index in [9.17, 15) is 4.57 Å². The average Bonchev–Trinajstić information content (AvgIpc) is 2.32. The van der Waals surface area contributed by atoms with E-state index in [1.165, 1.54) is 0 Å². The molecule has 0 bridgehead atoms. The minimum atomic E-state index is -4.30. The summed E-state index contributed by atoms with van der Waals surface area (Å²) in [5, 5.41) is 0. The molecule has 1 saturated heterocycles. The second kappa shape index (κ2) is 6.24. The molecule has 0 aromatic rings. The van der Waals surface area contributed by atoms with E-state index in [0.29, 0.717) is 6.61 Å². The summed E-state index contributed by atoms with van der Waals surface area (Å²) in [4.78, 5) is 16.6. The Bertz CT molecular complexity index is 163. The van der Waals surface area contributed by atoms with Crippen LogP contribution in [0.4, 0.5) is 0 Å². The van der Waals surface area contributed by atoms with E-state index >= 15 is 0 Å². The summed E-state index contributed by atoms with van der Waals surface area (Å²) in [5.41, 5.74) is 0. The Morgan fingerprint density at radius 1 is 1.58 bits per heavy atom. The van der Waals surface area contributed by atoms with Crippen LogP contribution in [0.5, 0.6) is 0 Å². The van der Waals surface area contributed by atoms with Crippen LogP contribution in [0.3, 0.4) is 0 Å². The number of hydrogen-bond acceptors (Lipinski definition) is 3. The molecule has 1 heterocycles. The van der Waals surface area contributed by atoms with E-state index in [1.54, 1.807) is 0 Å². The molecule has 68 valence electrons. The maximum absolute atomic E-state index is 10.2. The van der Waals surface area contributed by atoms with Crippen molar-refractivity contribution >= 4 is 59.2 Å². The van der Waals surface area contributed by atoms with Crippen molar-refractivity contribution in [2.75, 3.05) is 13.2 Å². The molecule has 0 amide bonds. The van der Waals surface area contributed by atoms with Crippen LogP contribution in [0, 0.1) is 0 Å². The van der Waals surface area contributed by atoms with Gasteiger partial charge in [-0.05, 0) is 12.8 Å². The fraction of sp³-hybridized carbons (Fsp3) is 1.00. The minimum absolute atomic E-state index is 0. The molecule has 0 spiro atoms. The van der Waals surface area contributed by atoms with E-state index < -0.39 is 7.82 Å². The van der Waals surface area contributed by atoms with Crippen LogP contribution < -0.4 is 0 Å². The van der Waals surface area contributed by atoms with E-state index in [0.717, 1.165) is 12.8 Å². The molecule has 0 aliphatic carbocycles. The fourth-order valence-electron chi connectivity index (χ4n) is 0.956. The van der Waals surface area contributed by atoms with Crippen molar-refractivity contribution in [1.82, 2.24) is 0 Å². The molecule has 1 aliphatic heterocycles. The van der Waals surface area contributed by atoms with Gasteiger partial charge in [0.2, 0.25) is 0 Å². The molecule has 0 saturated carbocycles. The molecule has 5 nitrogen and oxygen atoms in total. The predicted octanol–water partition coefficient (Wildman–Crippen LogP) is -0.374. The predicted molar refractivity (Wildman–Crippen MR) is 44.1 cm³/mol. The normalized spacial score (nSPS) is 23.7. The number of ether oxygens (including phenoxy) is 1. The second-order valence-electron chi connectivity index (χ2n) is 2.42. The van der Waals surface area contributed by atoms with Crippen molar-refractivity contribution in [1.29, 1.82) is 0 Å². The van der Waals surface area contributed by atoms with Crippen molar-refractivity contribution in [2.45, 2.75) is 18.9 Å². The van der Waals surface area contributed by atoms with E-state index in [2.05, 4.69) is 4.52 Å². The molecular weight excluding hydrogens is 210 g/mol. The van der Waals surface area contributed by atoms with Crippen molar-refractivity contribution in [2.24, 2.45) is 0 Å². The van der Waals surface area contributed by atoms with E-state index in [4.69, 9.17) is 14.5 Å². The van der Waals surface area contributed by atoms with Crippen LogP contribution in [0.15, 0.2) is 0 Å². The molecule has 2 N–H and O–H groups in total. The van der Waals surface area contributed by atoms with Gasteiger partial charge in [0.25, 0.3) is 0 Å². The molecule has 0 radical (unpaired) electrons. The third kappa shape index (κ3) is 6.20. The Morgan fingerprint density at radius 2 is 2.25 bits per heavy atom. The van der Waals surface area contributed by atoms with Gasteiger partial charge in [-0.3, -0.25) is 4.52 Å². The molecule has 1 unspecified atom stereocenters. The first-order chi connectivity index (χ1) is 5.08. The molecule has 1 aliphatic rings. The Morgan fingerprint density at radius 3 is 2.67 bits per heavy atom. The summed E-state index contributed by atoms with van der Waals surface area (Å²) in [5.74, 6) is 0. The topological polar surface area (TPSA) is 76.0 Å². The van der Waals surface area contributed by atoms with Crippen LogP contribution in [-0.2, 0) is 13.8 Å². The molecule has 7 heteroatoms. The zero-order valence-corrected chi connectivity index (χ0v) is 6.87. The van der Waals surface area contributed by atoms with E-state index in [-0.39, 0.29) is 64.1 Å². The van der Waals surface area contributed by atoms with Crippen molar-refractivity contribution in [3.8, 4) is 0 Å². The number of phosphoric ester groups is 1. The first-order valence-corrected chi connectivity index (χ1v) is 4.92. The fourth-order valence-corrected chi connectivity index (χ4v) is 1.32. The van der Waals surface area contributed by atoms with Gasteiger partial charge in [-0.25, -0.2) is 4.57 Å². The molecule has 0 aromatic carbocycles. The van der Waals surface area contributed by atoms with Crippen molar-refractivity contribution < 1.29 is 23.6 Å². The molecule has 1 atom stereocenters. The van der Waals surface area contributed by atoms with Gasteiger partial charge >= 0.3 is 59.2 Å². The van der Waals surface area contributed by atoms with Gasteiger partial charge in [0.1, 0.15) is 0 Å². The summed E-state index contributed by atoms with van der Waals surface area (Å²) in [6, 6.07) is 0. The summed E-state index contributed by atoms with van der Waals surface area (Å²) in [6.07, 6.45) is 1.62. The Kier molecular flexibility index (Phi) is 7.13. The SMILES string of the molecule is O=P(O)(O)OCC1CCCO1.[KH]. The summed E-state index contributed by atoms with van der Waals surface area (Å²) < 4.78 is 19.5. The Labute approximate surface area is 113 Å². The molecule has 1 fully saturated rings. The van der Waals surface area contributed by atoms with Gasteiger partial charge in [-0.2, -0.15) is 0 Å². The van der Waals surface area contributed by atoms with Gasteiger partial charge in [0.15, 0.2) is 0 Å². The summed E-state index contributed by atoms with van der Waals surface area (Å²) in [6.45, 7) is 0.652. The summed E-state index contributed by atoms with van der Waals surface area (Å²) in [7, 11) is -4.30. The van der Waals surface area contributed by atoms with Gasteiger partial charge in [0.05, 0.1) is 12.7 Å². The standard InChI is InChI=1S/C5H11O5P.K.H/c6-11(7,8)10-4-5-2-1-3-9-5;;/h5H,1-4H2,(H2,6,7,8);;. The monoisotopic (exact) mass is 222 g/mol. The summed E-state index contributed by atoms with van der Waals surface area (Å²) >= 11 is 0. The van der Waals surface area contributed by atoms with Crippen molar-refractivity contribution in [3.63, 3.8) is 0 Å². The van der Waals surface area contributed by atoms with Gasteiger partial charge < -0.3 is 14.5 Å². The molecule has 12 heavy (non-hydrogen) atoms. The third-order valence-electron chi connectivity index (χ3n) is 1.45. The zero-order chi connectivity index (χ0) is 8.32. The van der Waals surface area contributed by atoms with Crippen LogP contribution in [-0.4, -0.2) is 80.5 Å². The first-order valence-electron chi connectivity index (χ1n) is 3.39. The first kappa shape index (κ1) is 13.7. The van der Waals surface area contributed by atoms with Crippen LogP contribution in [0.25, 0.3) is 0 Å². The maximum atomic E-state index is 10.2. The molecule has 1 rings (SSSR count). The van der Waals surface area contributed by atoms with Crippen LogP contribution in [0.1, 0.15) is 12.8 Å². The quantitative estimate of drug-likeness (QED) is 0.503. The van der Waals surface area contributed by atoms with E-state index in [1.807, 2.05) is 0 Å². The average molecular weight is 222 g/mol. The zero-order valence-electron chi connectivity index (χ0n) is 5.97. The van der Waals surface area contributed by atoms with Gasteiger partial charge in [-0.15, -0.1) is 0 Å². The molecular formula is C5H12KO5P. The number of hydrogen-bond donors (Lipinski definition) is 2. The van der Waals surface area contributed by atoms with Gasteiger partial charge in [0, 0.05) is 6.61 Å². The van der Waals surface area contributed by atoms with Crippen LogP contribution >= 0.6 is 7.82 Å².